The number of carbonyl (C=O) groups is 4. The van der Waals surface area contributed by atoms with Crippen molar-refractivity contribution in [1.29, 1.82) is 0 Å². The van der Waals surface area contributed by atoms with Crippen LogP contribution < -0.4 is 10.6 Å². The van der Waals surface area contributed by atoms with Crippen molar-refractivity contribution in [1.82, 2.24) is 5.32 Å². The van der Waals surface area contributed by atoms with Crippen LogP contribution in [0, 0.1) is 30.6 Å². The third-order valence-electron chi connectivity index (χ3n) is 8.65. The first-order valence-electron chi connectivity index (χ1n) is 15.4. The molecule has 0 heterocycles. The highest BCUT2D eigenvalue weighted by molar-refractivity contribution is 6.04. The summed E-state index contributed by atoms with van der Waals surface area (Å²) in [5.41, 5.74) is 2.21. The van der Waals surface area contributed by atoms with E-state index in [9.17, 15) is 19.2 Å². The monoisotopic (exact) mass is 572 g/mol. The largest absolute Gasteiger partial charge is 0.466 e. The molecular formula is C33H52N2O6. The normalized spacial score (nSPS) is 21.7. The highest BCUT2D eigenvalue weighted by Gasteiger charge is 2.64. The fourth-order valence-corrected chi connectivity index (χ4v) is 6.06. The van der Waals surface area contributed by atoms with Gasteiger partial charge in [-0.05, 0) is 76.5 Å². The van der Waals surface area contributed by atoms with E-state index in [1.54, 1.807) is 13.8 Å². The molecule has 0 saturated heterocycles. The number of unbranched alkanes of at least 4 members (excludes halogenated alkanes) is 1. The van der Waals surface area contributed by atoms with Crippen molar-refractivity contribution < 1.29 is 28.7 Å². The first-order chi connectivity index (χ1) is 19.3. The van der Waals surface area contributed by atoms with Gasteiger partial charge in [-0.1, -0.05) is 59.1 Å². The van der Waals surface area contributed by atoms with Crippen molar-refractivity contribution in [2.24, 2.45) is 23.7 Å². The summed E-state index contributed by atoms with van der Waals surface area (Å²) in [6.07, 6.45) is 5.91. The van der Waals surface area contributed by atoms with Gasteiger partial charge in [0.2, 0.25) is 11.8 Å². The van der Waals surface area contributed by atoms with E-state index >= 15 is 0 Å². The molecule has 8 heteroatoms. The van der Waals surface area contributed by atoms with Gasteiger partial charge in [0.1, 0.15) is 0 Å². The van der Waals surface area contributed by atoms with Crippen LogP contribution in [-0.2, 0) is 34.1 Å². The van der Waals surface area contributed by atoms with E-state index in [4.69, 9.17) is 9.47 Å². The molecule has 2 rings (SSSR count). The molecule has 41 heavy (non-hydrogen) atoms. The molecule has 1 aliphatic rings. The van der Waals surface area contributed by atoms with E-state index in [1.807, 2.05) is 39.8 Å². The summed E-state index contributed by atoms with van der Waals surface area (Å²) in [5, 5.41) is 5.93. The Morgan fingerprint density at radius 3 is 1.80 bits per heavy atom. The van der Waals surface area contributed by atoms with Gasteiger partial charge in [0.05, 0.1) is 36.9 Å². The summed E-state index contributed by atoms with van der Waals surface area (Å²) >= 11 is 0. The first-order valence-corrected chi connectivity index (χ1v) is 15.4. The molecule has 0 aliphatic heterocycles. The fraction of sp³-hybridized carbons (Fsp3) is 0.697. The lowest BCUT2D eigenvalue weighted by atomic mass is 9.55. The smallest absolute Gasteiger partial charge is 0.310 e. The number of esters is 2. The molecule has 1 aromatic carbocycles. The van der Waals surface area contributed by atoms with E-state index in [1.165, 1.54) is 5.56 Å². The molecule has 3 unspecified atom stereocenters. The lowest BCUT2D eigenvalue weighted by molar-refractivity contribution is -0.185. The molecule has 2 N–H and O–H groups in total. The zero-order chi connectivity index (χ0) is 31.0. The standard InChI is InChI=1S/C33H52N2O6/c1-10-15-19-33(9,12-3)22-16-17-23(21(6)20-22)34-28(36)24-26(30(38)40-13-4)25(27(24)31(39)41-14-5)29(37)35-32(7,8)18-11-2/h16-17,20,24-27H,10-15,18-19H2,1-9H3,(H,34,36)(H,35,37). The molecule has 0 spiro atoms. The Labute approximate surface area is 246 Å². The SMILES string of the molecule is CCCCC(C)(CC)c1ccc(NC(=O)C2C(C(=O)OCC)C(C(=O)NC(C)(C)CCC)C2C(=O)OCC)c(C)c1. The zero-order valence-corrected chi connectivity index (χ0v) is 26.6. The average molecular weight is 573 g/mol. The van der Waals surface area contributed by atoms with Crippen molar-refractivity contribution in [2.45, 2.75) is 112 Å². The Hall–Kier alpha value is -2.90. The van der Waals surface area contributed by atoms with Gasteiger partial charge < -0.3 is 20.1 Å². The molecule has 1 aromatic rings. The Morgan fingerprint density at radius 1 is 0.780 bits per heavy atom. The van der Waals surface area contributed by atoms with Crippen LogP contribution >= 0.6 is 0 Å². The maximum atomic E-state index is 13.8. The van der Waals surface area contributed by atoms with Crippen LogP contribution in [0.2, 0.25) is 0 Å². The number of rotatable bonds is 15. The topological polar surface area (TPSA) is 111 Å². The van der Waals surface area contributed by atoms with E-state index in [0.717, 1.165) is 37.7 Å². The van der Waals surface area contributed by atoms with Crippen molar-refractivity contribution in [3.05, 3.63) is 29.3 Å². The summed E-state index contributed by atoms with van der Waals surface area (Å²) in [6, 6.07) is 6.03. The van der Waals surface area contributed by atoms with Crippen molar-refractivity contribution in [3.63, 3.8) is 0 Å². The highest BCUT2D eigenvalue weighted by atomic mass is 16.5. The summed E-state index contributed by atoms with van der Waals surface area (Å²) in [4.78, 5) is 53.5. The van der Waals surface area contributed by atoms with Crippen LogP contribution in [0.4, 0.5) is 5.69 Å². The van der Waals surface area contributed by atoms with Crippen LogP contribution in [0.3, 0.4) is 0 Å². The number of nitrogens with one attached hydrogen (secondary N) is 2. The number of ether oxygens (including phenoxy) is 2. The Bertz CT molecular complexity index is 1060. The fourth-order valence-electron chi connectivity index (χ4n) is 6.06. The van der Waals surface area contributed by atoms with Gasteiger partial charge in [0.25, 0.3) is 0 Å². The van der Waals surface area contributed by atoms with Gasteiger partial charge >= 0.3 is 11.9 Å². The second-order valence-electron chi connectivity index (χ2n) is 12.3. The number of anilines is 1. The predicted octanol–water partition coefficient (Wildman–Crippen LogP) is 6.09. The maximum Gasteiger partial charge on any atom is 0.310 e. The predicted molar refractivity (Wildman–Crippen MR) is 161 cm³/mol. The molecular weight excluding hydrogens is 520 g/mol. The van der Waals surface area contributed by atoms with Crippen molar-refractivity contribution >= 4 is 29.4 Å². The van der Waals surface area contributed by atoms with Crippen molar-refractivity contribution in [2.75, 3.05) is 18.5 Å². The average Bonchev–Trinajstić information content (AvgIpc) is 2.87. The lowest BCUT2D eigenvalue weighted by Gasteiger charge is -2.47. The van der Waals surface area contributed by atoms with Gasteiger partial charge in [0.15, 0.2) is 0 Å². The zero-order valence-electron chi connectivity index (χ0n) is 26.6. The van der Waals surface area contributed by atoms with E-state index < -0.39 is 53.0 Å². The second-order valence-corrected chi connectivity index (χ2v) is 12.3. The Kier molecular flexibility index (Phi) is 12.4. The number of carbonyl (C=O) groups excluding carboxylic acids is 4. The van der Waals surface area contributed by atoms with Crippen molar-refractivity contribution in [3.8, 4) is 0 Å². The quantitative estimate of drug-likeness (QED) is 0.246. The molecule has 2 amide bonds. The number of aryl methyl sites for hydroxylation is 1. The minimum atomic E-state index is -1.10. The third kappa shape index (κ3) is 8.10. The lowest BCUT2D eigenvalue weighted by Crippen LogP contribution is -2.64. The van der Waals surface area contributed by atoms with Crippen LogP contribution in [0.25, 0.3) is 0 Å². The van der Waals surface area contributed by atoms with Gasteiger partial charge in [-0.25, -0.2) is 0 Å². The van der Waals surface area contributed by atoms with Gasteiger partial charge in [-0.15, -0.1) is 0 Å². The summed E-state index contributed by atoms with van der Waals surface area (Å²) < 4.78 is 10.6. The van der Waals surface area contributed by atoms with Gasteiger partial charge in [0, 0.05) is 11.2 Å². The second kappa shape index (κ2) is 14.8. The van der Waals surface area contributed by atoms with E-state index in [-0.39, 0.29) is 18.6 Å². The minimum absolute atomic E-state index is 0.0351. The van der Waals surface area contributed by atoms with E-state index in [0.29, 0.717) is 12.1 Å². The number of hydrogen-bond donors (Lipinski definition) is 2. The van der Waals surface area contributed by atoms with Gasteiger partial charge in [-0.2, -0.15) is 0 Å². The number of benzene rings is 1. The minimum Gasteiger partial charge on any atom is -0.466 e. The third-order valence-corrected chi connectivity index (χ3v) is 8.65. The number of amides is 2. The molecule has 1 aliphatic carbocycles. The molecule has 3 atom stereocenters. The maximum absolute atomic E-state index is 13.8. The summed E-state index contributed by atoms with van der Waals surface area (Å²) in [5.74, 6) is -6.63. The molecule has 1 fully saturated rings. The molecule has 0 bridgehead atoms. The van der Waals surface area contributed by atoms with Crippen LogP contribution in [0.15, 0.2) is 18.2 Å². The molecule has 0 radical (unpaired) electrons. The van der Waals surface area contributed by atoms with Gasteiger partial charge in [-0.3, -0.25) is 19.2 Å². The Morgan fingerprint density at radius 2 is 1.34 bits per heavy atom. The van der Waals surface area contributed by atoms with Crippen LogP contribution in [-0.4, -0.2) is 42.5 Å². The highest BCUT2D eigenvalue weighted by Crippen LogP contribution is 2.49. The summed E-state index contributed by atoms with van der Waals surface area (Å²) in [6.45, 7) is 17.9. The van der Waals surface area contributed by atoms with Crippen LogP contribution in [0.1, 0.15) is 105 Å². The molecule has 0 aromatic heterocycles. The van der Waals surface area contributed by atoms with Crippen LogP contribution in [0.5, 0.6) is 0 Å². The summed E-state index contributed by atoms with van der Waals surface area (Å²) in [7, 11) is 0. The molecule has 230 valence electrons. The Balaban J connectivity index is 2.42. The first kappa shape index (κ1) is 34.3. The number of hydrogen-bond acceptors (Lipinski definition) is 6. The molecule has 8 nitrogen and oxygen atoms in total. The van der Waals surface area contributed by atoms with E-state index in [2.05, 4.69) is 37.5 Å². The molecule has 1 saturated carbocycles.